The standard InChI is InChI=1S/C17H18N2O2/c1-19-10-12(16-7-6-13(18)8-17(16)19)11-21-15-5-3-4-14(9-15)20-2/h3-10H,11,18H2,1-2H3. The summed E-state index contributed by atoms with van der Waals surface area (Å²) < 4.78 is 13.1. The predicted octanol–water partition coefficient (Wildman–Crippen LogP) is 3.35. The van der Waals surface area contributed by atoms with Crippen molar-refractivity contribution in [1.29, 1.82) is 0 Å². The zero-order valence-electron chi connectivity index (χ0n) is 12.2. The molecule has 0 unspecified atom stereocenters. The van der Waals surface area contributed by atoms with E-state index in [-0.39, 0.29) is 0 Å². The summed E-state index contributed by atoms with van der Waals surface area (Å²) in [7, 11) is 3.66. The second kappa shape index (κ2) is 5.40. The summed E-state index contributed by atoms with van der Waals surface area (Å²) in [5.74, 6) is 1.58. The predicted molar refractivity (Wildman–Crippen MR) is 84.7 cm³/mol. The Bertz CT molecular complexity index is 778. The fourth-order valence-electron chi connectivity index (χ4n) is 2.45. The number of anilines is 1. The van der Waals surface area contributed by atoms with Gasteiger partial charge < -0.3 is 19.8 Å². The molecule has 3 aromatic rings. The van der Waals surface area contributed by atoms with Crippen LogP contribution in [0.25, 0.3) is 10.9 Å². The highest BCUT2D eigenvalue weighted by atomic mass is 16.5. The highest BCUT2D eigenvalue weighted by molar-refractivity contribution is 5.86. The number of aromatic nitrogens is 1. The van der Waals surface area contributed by atoms with Crippen molar-refractivity contribution in [3.63, 3.8) is 0 Å². The van der Waals surface area contributed by atoms with Crippen LogP contribution in [0.4, 0.5) is 5.69 Å². The molecular weight excluding hydrogens is 264 g/mol. The van der Waals surface area contributed by atoms with E-state index < -0.39 is 0 Å². The van der Waals surface area contributed by atoms with E-state index in [0.717, 1.165) is 33.7 Å². The van der Waals surface area contributed by atoms with E-state index in [0.29, 0.717) is 6.61 Å². The summed E-state index contributed by atoms with van der Waals surface area (Å²) in [6.07, 6.45) is 2.07. The zero-order chi connectivity index (χ0) is 14.8. The molecule has 3 rings (SSSR count). The average molecular weight is 282 g/mol. The number of nitrogen functional groups attached to an aromatic ring is 1. The van der Waals surface area contributed by atoms with Gasteiger partial charge in [0.05, 0.1) is 12.6 Å². The maximum atomic E-state index is 5.86. The summed E-state index contributed by atoms with van der Waals surface area (Å²) in [5, 5.41) is 1.16. The third-order valence-electron chi connectivity index (χ3n) is 3.53. The van der Waals surface area contributed by atoms with Crippen molar-refractivity contribution in [3.05, 3.63) is 54.2 Å². The van der Waals surface area contributed by atoms with Crippen molar-refractivity contribution >= 4 is 16.6 Å². The molecule has 0 aliphatic rings. The van der Waals surface area contributed by atoms with E-state index in [2.05, 4.69) is 10.8 Å². The number of aryl methyl sites for hydroxylation is 1. The number of rotatable bonds is 4. The van der Waals surface area contributed by atoms with Crippen LogP contribution >= 0.6 is 0 Å². The summed E-state index contributed by atoms with van der Waals surface area (Å²) in [6.45, 7) is 0.508. The van der Waals surface area contributed by atoms with E-state index in [9.17, 15) is 0 Å². The smallest absolute Gasteiger partial charge is 0.123 e. The molecule has 0 fully saturated rings. The van der Waals surface area contributed by atoms with Crippen LogP contribution in [0.15, 0.2) is 48.7 Å². The minimum atomic E-state index is 0.508. The number of methoxy groups -OCH3 is 1. The fraction of sp³-hybridized carbons (Fsp3) is 0.176. The van der Waals surface area contributed by atoms with E-state index in [1.54, 1.807) is 7.11 Å². The van der Waals surface area contributed by atoms with E-state index in [4.69, 9.17) is 15.2 Å². The summed E-state index contributed by atoms with van der Waals surface area (Å²) in [5.41, 5.74) is 8.85. The number of hydrogen-bond donors (Lipinski definition) is 1. The van der Waals surface area contributed by atoms with Gasteiger partial charge >= 0.3 is 0 Å². The van der Waals surface area contributed by atoms with Gasteiger partial charge in [0, 0.05) is 35.9 Å². The third kappa shape index (κ3) is 2.65. The Labute approximate surface area is 123 Å². The minimum Gasteiger partial charge on any atom is -0.497 e. The maximum Gasteiger partial charge on any atom is 0.123 e. The molecule has 108 valence electrons. The van der Waals surface area contributed by atoms with Crippen LogP contribution in [0.2, 0.25) is 0 Å². The van der Waals surface area contributed by atoms with Gasteiger partial charge in [-0.1, -0.05) is 12.1 Å². The lowest BCUT2D eigenvalue weighted by Crippen LogP contribution is -1.95. The number of ether oxygens (including phenoxy) is 2. The molecule has 0 saturated heterocycles. The minimum absolute atomic E-state index is 0.508. The second-order valence-corrected chi connectivity index (χ2v) is 5.01. The number of hydrogen-bond acceptors (Lipinski definition) is 3. The van der Waals surface area contributed by atoms with Crippen molar-refractivity contribution < 1.29 is 9.47 Å². The third-order valence-corrected chi connectivity index (χ3v) is 3.53. The van der Waals surface area contributed by atoms with E-state index >= 15 is 0 Å². The Morgan fingerprint density at radius 1 is 1.10 bits per heavy atom. The van der Waals surface area contributed by atoms with Gasteiger partial charge in [-0.05, 0) is 24.3 Å². The fourth-order valence-corrected chi connectivity index (χ4v) is 2.45. The van der Waals surface area contributed by atoms with Gasteiger partial charge in [0.1, 0.15) is 18.1 Å². The van der Waals surface area contributed by atoms with Crippen molar-refractivity contribution in [3.8, 4) is 11.5 Å². The van der Waals surface area contributed by atoms with Gasteiger partial charge in [0.25, 0.3) is 0 Å². The molecule has 0 radical (unpaired) electrons. The highest BCUT2D eigenvalue weighted by Crippen LogP contribution is 2.25. The molecular formula is C17H18N2O2. The first-order chi connectivity index (χ1) is 10.2. The maximum absolute atomic E-state index is 5.86. The van der Waals surface area contributed by atoms with Crippen LogP contribution in [0.3, 0.4) is 0 Å². The van der Waals surface area contributed by atoms with Crippen molar-refractivity contribution in [2.75, 3.05) is 12.8 Å². The Kier molecular flexibility index (Phi) is 3.44. The van der Waals surface area contributed by atoms with Crippen LogP contribution in [0.1, 0.15) is 5.56 Å². The van der Waals surface area contributed by atoms with Crippen molar-refractivity contribution in [2.45, 2.75) is 6.61 Å². The van der Waals surface area contributed by atoms with Crippen molar-refractivity contribution in [2.24, 2.45) is 7.05 Å². The summed E-state index contributed by atoms with van der Waals surface area (Å²) >= 11 is 0. The Morgan fingerprint density at radius 2 is 1.90 bits per heavy atom. The van der Waals surface area contributed by atoms with Gasteiger partial charge in [0.15, 0.2) is 0 Å². The molecule has 2 N–H and O–H groups in total. The first-order valence-electron chi connectivity index (χ1n) is 6.77. The molecule has 0 spiro atoms. The lowest BCUT2D eigenvalue weighted by molar-refractivity contribution is 0.305. The van der Waals surface area contributed by atoms with Crippen molar-refractivity contribution in [1.82, 2.24) is 4.57 Å². The number of nitrogens with zero attached hydrogens (tertiary/aromatic N) is 1. The lowest BCUT2D eigenvalue weighted by Gasteiger charge is -2.07. The molecule has 0 amide bonds. The molecule has 4 heteroatoms. The highest BCUT2D eigenvalue weighted by Gasteiger charge is 2.07. The van der Waals surface area contributed by atoms with Crippen LogP contribution < -0.4 is 15.2 Å². The monoisotopic (exact) mass is 282 g/mol. The van der Waals surface area contributed by atoms with E-state index in [1.165, 1.54) is 0 Å². The number of benzene rings is 2. The van der Waals surface area contributed by atoms with Crippen LogP contribution in [0, 0.1) is 0 Å². The lowest BCUT2D eigenvalue weighted by atomic mass is 10.1. The number of fused-ring (bicyclic) bond motifs is 1. The second-order valence-electron chi connectivity index (χ2n) is 5.01. The zero-order valence-corrected chi connectivity index (χ0v) is 12.2. The van der Waals surface area contributed by atoms with Crippen LogP contribution in [0.5, 0.6) is 11.5 Å². The topological polar surface area (TPSA) is 49.4 Å². The summed E-state index contributed by atoms with van der Waals surface area (Å²) in [6, 6.07) is 13.5. The first kappa shape index (κ1) is 13.4. The van der Waals surface area contributed by atoms with Gasteiger partial charge in [-0.25, -0.2) is 0 Å². The molecule has 0 saturated carbocycles. The molecule has 21 heavy (non-hydrogen) atoms. The summed E-state index contributed by atoms with van der Waals surface area (Å²) in [4.78, 5) is 0. The molecule has 1 heterocycles. The average Bonchev–Trinajstić information content (AvgIpc) is 2.81. The first-order valence-corrected chi connectivity index (χ1v) is 6.77. The molecule has 0 aliphatic carbocycles. The Hall–Kier alpha value is -2.62. The van der Waals surface area contributed by atoms with Crippen LogP contribution in [-0.4, -0.2) is 11.7 Å². The Morgan fingerprint density at radius 3 is 2.71 bits per heavy atom. The molecule has 0 aliphatic heterocycles. The van der Waals surface area contributed by atoms with E-state index in [1.807, 2.05) is 49.5 Å². The molecule has 0 atom stereocenters. The molecule has 4 nitrogen and oxygen atoms in total. The van der Waals surface area contributed by atoms with Crippen LogP contribution in [-0.2, 0) is 13.7 Å². The quantitative estimate of drug-likeness (QED) is 0.747. The Balaban J connectivity index is 1.85. The van der Waals surface area contributed by atoms with Gasteiger partial charge in [-0.15, -0.1) is 0 Å². The normalized spacial score (nSPS) is 10.8. The molecule has 1 aromatic heterocycles. The van der Waals surface area contributed by atoms with Gasteiger partial charge in [0.2, 0.25) is 0 Å². The molecule has 0 bridgehead atoms. The number of nitrogens with two attached hydrogens (primary N) is 1. The molecule has 2 aromatic carbocycles. The SMILES string of the molecule is COc1cccc(OCc2cn(C)c3cc(N)ccc23)c1. The van der Waals surface area contributed by atoms with Gasteiger partial charge in [-0.3, -0.25) is 0 Å². The van der Waals surface area contributed by atoms with Gasteiger partial charge in [-0.2, -0.15) is 0 Å². The largest absolute Gasteiger partial charge is 0.497 e.